The smallest absolute Gasteiger partial charge is 0.328 e. The van der Waals surface area contributed by atoms with Gasteiger partial charge < -0.3 is 9.84 Å². The zero-order valence-corrected chi connectivity index (χ0v) is 10.1. The first-order valence-electron chi connectivity index (χ1n) is 5.86. The van der Waals surface area contributed by atoms with Crippen LogP contribution in [0.15, 0.2) is 29.8 Å². The van der Waals surface area contributed by atoms with Crippen molar-refractivity contribution < 1.29 is 19.0 Å². The van der Waals surface area contributed by atoms with Crippen LogP contribution < -0.4 is 4.74 Å². The molecule has 0 aliphatic heterocycles. The molecule has 1 aliphatic rings. The highest BCUT2D eigenvalue weighted by atomic mass is 19.1. The number of carbonyl (C=O) groups is 1. The number of allylic oxidation sites excluding steroid dienone is 1. The summed E-state index contributed by atoms with van der Waals surface area (Å²) in [7, 11) is 1.52. The summed E-state index contributed by atoms with van der Waals surface area (Å²) in [4.78, 5) is 10.8. The van der Waals surface area contributed by atoms with Crippen molar-refractivity contribution in [2.45, 2.75) is 19.3 Å². The van der Waals surface area contributed by atoms with E-state index in [2.05, 4.69) is 0 Å². The molecule has 1 fully saturated rings. The van der Waals surface area contributed by atoms with Crippen LogP contribution in [0.4, 0.5) is 4.39 Å². The number of carboxylic acids is 1. The molecule has 0 spiro atoms. The molecule has 1 aliphatic carbocycles. The van der Waals surface area contributed by atoms with Crippen molar-refractivity contribution in [2.75, 3.05) is 7.11 Å². The summed E-state index contributed by atoms with van der Waals surface area (Å²) in [5.74, 6) is -0.369. The van der Waals surface area contributed by atoms with Crippen molar-refractivity contribution in [3.8, 4) is 5.75 Å². The molecule has 1 aromatic rings. The fourth-order valence-corrected chi connectivity index (χ4v) is 2.03. The van der Waals surface area contributed by atoms with Crippen LogP contribution in [0, 0.1) is 11.7 Å². The van der Waals surface area contributed by atoms with Crippen molar-refractivity contribution in [3.63, 3.8) is 0 Å². The summed E-state index contributed by atoms with van der Waals surface area (Å²) >= 11 is 0. The van der Waals surface area contributed by atoms with Crippen molar-refractivity contribution in [1.82, 2.24) is 0 Å². The zero-order valence-electron chi connectivity index (χ0n) is 10.1. The van der Waals surface area contributed by atoms with Gasteiger partial charge in [0.25, 0.3) is 0 Å². The van der Waals surface area contributed by atoms with Crippen LogP contribution in [0.2, 0.25) is 0 Å². The fraction of sp³-hybridized carbons (Fsp3) is 0.357. The molecule has 1 N–H and O–H groups in total. The maximum Gasteiger partial charge on any atom is 0.328 e. The van der Waals surface area contributed by atoms with Gasteiger partial charge in [-0.15, -0.1) is 0 Å². The van der Waals surface area contributed by atoms with E-state index in [0.29, 0.717) is 23.7 Å². The van der Waals surface area contributed by atoms with Crippen molar-refractivity contribution in [1.29, 1.82) is 0 Å². The molecule has 18 heavy (non-hydrogen) atoms. The molecule has 0 atom stereocenters. The number of rotatable bonds is 5. The third-order valence-corrected chi connectivity index (χ3v) is 3.05. The third-order valence-electron chi connectivity index (χ3n) is 3.05. The van der Waals surface area contributed by atoms with Gasteiger partial charge >= 0.3 is 5.97 Å². The average Bonchev–Trinajstić information content (AvgIpc) is 3.11. The van der Waals surface area contributed by atoms with Crippen LogP contribution in [-0.4, -0.2) is 18.2 Å². The maximum atomic E-state index is 13.2. The molecule has 0 amide bonds. The first kappa shape index (κ1) is 12.6. The van der Waals surface area contributed by atoms with E-state index in [-0.39, 0.29) is 5.82 Å². The summed E-state index contributed by atoms with van der Waals surface area (Å²) in [6.45, 7) is 0. The Bertz CT molecular complexity index is 490. The van der Waals surface area contributed by atoms with Gasteiger partial charge in [-0.1, -0.05) is 5.57 Å². The minimum Gasteiger partial charge on any atom is -0.496 e. The largest absolute Gasteiger partial charge is 0.496 e. The van der Waals surface area contributed by atoms with E-state index in [1.165, 1.54) is 25.3 Å². The summed E-state index contributed by atoms with van der Waals surface area (Å²) in [5, 5.41) is 8.84. The molecule has 0 aromatic heterocycles. The van der Waals surface area contributed by atoms with E-state index >= 15 is 0 Å². The van der Waals surface area contributed by atoms with Crippen LogP contribution >= 0.6 is 0 Å². The SMILES string of the molecule is COc1ccc(F)cc1C/C(=C/C(=O)O)C1CC1. The van der Waals surface area contributed by atoms with E-state index in [4.69, 9.17) is 9.84 Å². The number of ether oxygens (including phenoxy) is 1. The molecule has 4 heteroatoms. The number of methoxy groups -OCH3 is 1. The minimum atomic E-state index is -0.952. The number of benzene rings is 1. The third kappa shape index (κ3) is 3.09. The number of carboxylic acid groups (broad SMARTS) is 1. The minimum absolute atomic E-state index is 0.328. The molecular weight excluding hydrogens is 235 g/mol. The average molecular weight is 250 g/mol. The van der Waals surface area contributed by atoms with Crippen LogP contribution in [0.25, 0.3) is 0 Å². The summed E-state index contributed by atoms with van der Waals surface area (Å²) < 4.78 is 18.4. The van der Waals surface area contributed by atoms with E-state index in [1.807, 2.05) is 0 Å². The monoisotopic (exact) mass is 250 g/mol. The second-order valence-corrected chi connectivity index (χ2v) is 4.46. The highest BCUT2D eigenvalue weighted by Crippen LogP contribution is 2.39. The Morgan fingerprint density at radius 1 is 1.56 bits per heavy atom. The molecule has 1 aromatic carbocycles. The first-order valence-corrected chi connectivity index (χ1v) is 5.86. The Morgan fingerprint density at radius 2 is 2.28 bits per heavy atom. The van der Waals surface area contributed by atoms with Crippen LogP contribution in [0.5, 0.6) is 5.75 Å². The van der Waals surface area contributed by atoms with Gasteiger partial charge in [0, 0.05) is 11.6 Å². The number of halogens is 1. The van der Waals surface area contributed by atoms with Crippen LogP contribution in [0.3, 0.4) is 0 Å². The van der Waals surface area contributed by atoms with Gasteiger partial charge in [-0.2, -0.15) is 0 Å². The number of hydrogen-bond donors (Lipinski definition) is 1. The Morgan fingerprint density at radius 3 is 2.83 bits per heavy atom. The number of hydrogen-bond acceptors (Lipinski definition) is 2. The lowest BCUT2D eigenvalue weighted by atomic mass is 10.00. The lowest BCUT2D eigenvalue weighted by Crippen LogP contribution is -2.01. The van der Waals surface area contributed by atoms with Crippen molar-refractivity contribution in [2.24, 2.45) is 5.92 Å². The predicted molar refractivity (Wildman–Crippen MR) is 65.1 cm³/mol. The quantitative estimate of drug-likeness (QED) is 0.817. The molecule has 0 bridgehead atoms. The lowest BCUT2D eigenvalue weighted by molar-refractivity contribution is -0.131. The standard InChI is InChI=1S/C14H15FO3/c1-18-13-5-4-12(15)7-11(13)6-10(8-14(16)17)9-2-3-9/h4-5,7-9H,2-3,6H2,1H3,(H,16,17)/b10-8-. The summed E-state index contributed by atoms with van der Waals surface area (Å²) in [6, 6.07) is 4.30. The number of aliphatic carboxylic acids is 1. The lowest BCUT2D eigenvalue weighted by Gasteiger charge is -2.10. The van der Waals surface area contributed by atoms with Crippen LogP contribution in [0.1, 0.15) is 18.4 Å². The molecule has 0 heterocycles. The van der Waals surface area contributed by atoms with Gasteiger partial charge in [0.15, 0.2) is 0 Å². The highest BCUT2D eigenvalue weighted by molar-refractivity contribution is 5.81. The Kier molecular flexibility index (Phi) is 3.65. The van der Waals surface area contributed by atoms with E-state index in [0.717, 1.165) is 18.4 Å². The molecule has 0 radical (unpaired) electrons. The summed E-state index contributed by atoms with van der Waals surface area (Å²) in [5.41, 5.74) is 1.53. The molecule has 3 nitrogen and oxygen atoms in total. The Balaban J connectivity index is 2.25. The normalized spacial score (nSPS) is 15.6. The molecular formula is C14H15FO3. The highest BCUT2D eigenvalue weighted by Gasteiger charge is 2.27. The van der Waals surface area contributed by atoms with Gasteiger partial charge in [0.05, 0.1) is 7.11 Å². The first-order chi connectivity index (χ1) is 8.60. The Hall–Kier alpha value is -1.84. The Labute approximate surface area is 105 Å². The van der Waals surface area contributed by atoms with Crippen molar-refractivity contribution in [3.05, 3.63) is 41.2 Å². The zero-order chi connectivity index (χ0) is 13.1. The van der Waals surface area contributed by atoms with Gasteiger partial charge in [-0.3, -0.25) is 0 Å². The van der Waals surface area contributed by atoms with Gasteiger partial charge in [0.1, 0.15) is 11.6 Å². The predicted octanol–water partition coefficient (Wildman–Crippen LogP) is 2.80. The van der Waals surface area contributed by atoms with E-state index in [9.17, 15) is 9.18 Å². The van der Waals surface area contributed by atoms with Crippen LogP contribution in [-0.2, 0) is 11.2 Å². The molecule has 0 unspecified atom stereocenters. The van der Waals surface area contributed by atoms with E-state index in [1.54, 1.807) is 6.07 Å². The maximum absolute atomic E-state index is 13.2. The topological polar surface area (TPSA) is 46.5 Å². The molecule has 1 saturated carbocycles. The second kappa shape index (κ2) is 5.21. The van der Waals surface area contributed by atoms with Gasteiger partial charge in [-0.25, -0.2) is 9.18 Å². The molecule has 96 valence electrons. The fourth-order valence-electron chi connectivity index (χ4n) is 2.03. The second-order valence-electron chi connectivity index (χ2n) is 4.46. The molecule has 0 saturated heterocycles. The van der Waals surface area contributed by atoms with Gasteiger partial charge in [0.2, 0.25) is 0 Å². The summed E-state index contributed by atoms with van der Waals surface area (Å²) in [6.07, 6.45) is 3.69. The van der Waals surface area contributed by atoms with Gasteiger partial charge in [-0.05, 0) is 43.4 Å². The van der Waals surface area contributed by atoms with Crippen molar-refractivity contribution >= 4 is 5.97 Å². The molecule has 2 rings (SSSR count). The van der Waals surface area contributed by atoms with E-state index < -0.39 is 5.97 Å².